The van der Waals surface area contributed by atoms with E-state index in [9.17, 15) is 23.7 Å². The van der Waals surface area contributed by atoms with Gasteiger partial charge < -0.3 is 19.2 Å². The number of non-ortho nitro benzene ring substituents is 1. The Morgan fingerprint density at radius 3 is 2.62 bits per heavy atom. The number of carbonyl (C=O) groups excluding carboxylic acids is 1. The minimum Gasteiger partial charge on any atom is -0.487 e. The van der Waals surface area contributed by atoms with Crippen molar-refractivity contribution < 1.29 is 32.4 Å². The Hall–Kier alpha value is -3.95. The van der Waals surface area contributed by atoms with Gasteiger partial charge in [0.2, 0.25) is 0 Å². The molecule has 0 radical (unpaired) electrons. The van der Waals surface area contributed by atoms with E-state index < -0.39 is 29.6 Å². The molecule has 1 N–H and O–H groups in total. The number of rotatable bonds is 9. The summed E-state index contributed by atoms with van der Waals surface area (Å²) < 4.78 is 40.8. The Bertz CT molecular complexity index is 1130. The van der Waals surface area contributed by atoms with Crippen LogP contribution in [0.4, 0.5) is 20.2 Å². The molecule has 1 aromatic heterocycles. The van der Waals surface area contributed by atoms with E-state index in [2.05, 4.69) is 5.32 Å². The fourth-order valence-corrected chi connectivity index (χ4v) is 2.79. The zero-order valence-corrected chi connectivity index (χ0v) is 17.3. The maximum Gasteiger partial charge on any atom is 0.291 e. The summed E-state index contributed by atoms with van der Waals surface area (Å²) in [6, 6.07) is 12.1. The van der Waals surface area contributed by atoms with E-state index in [4.69, 9.17) is 13.9 Å². The molecule has 0 saturated carbocycles. The van der Waals surface area contributed by atoms with Gasteiger partial charge in [0.05, 0.1) is 16.7 Å². The topological polar surface area (TPSA) is 104 Å². The number of benzene rings is 2. The number of furan rings is 1. The van der Waals surface area contributed by atoms with Crippen LogP contribution >= 0.6 is 0 Å². The minimum absolute atomic E-state index is 0.00180. The van der Waals surface area contributed by atoms with E-state index in [1.165, 1.54) is 12.1 Å². The number of anilines is 1. The molecule has 0 bridgehead atoms. The summed E-state index contributed by atoms with van der Waals surface area (Å²) in [6.45, 7) is 3.02. The second-order valence-electron chi connectivity index (χ2n) is 6.95. The Morgan fingerprint density at radius 1 is 1.12 bits per heavy atom. The third-order valence-corrected chi connectivity index (χ3v) is 4.33. The van der Waals surface area contributed by atoms with Crippen LogP contribution < -0.4 is 14.8 Å². The van der Waals surface area contributed by atoms with Gasteiger partial charge in [-0.15, -0.1) is 0 Å². The number of nitro groups is 1. The third kappa shape index (κ3) is 6.03. The van der Waals surface area contributed by atoms with Gasteiger partial charge in [0, 0.05) is 12.1 Å². The lowest BCUT2D eigenvalue weighted by Gasteiger charge is -2.09. The highest BCUT2D eigenvalue weighted by atomic mass is 19.3. The van der Waals surface area contributed by atoms with Crippen LogP contribution in [0, 0.1) is 24.0 Å². The number of carbonyl (C=O) groups is 1. The van der Waals surface area contributed by atoms with Crippen molar-refractivity contribution in [3.05, 3.63) is 81.3 Å². The number of alkyl halides is 2. The summed E-state index contributed by atoms with van der Waals surface area (Å²) in [5.41, 5.74) is 1.57. The van der Waals surface area contributed by atoms with E-state index >= 15 is 0 Å². The molecule has 0 unspecified atom stereocenters. The zero-order chi connectivity index (χ0) is 23.3. The summed E-state index contributed by atoms with van der Waals surface area (Å²) in [6.07, 6.45) is -2.75. The molecule has 0 spiro atoms. The molecular weight excluding hydrogens is 426 g/mol. The number of aryl methyl sites for hydroxylation is 2. The molecule has 1 amide bonds. The second-order valence-corrected chi connectivity index (χ2v) is 6.95. The van der Waals surface area contributed by atoms with Crippen LogP contribution in [0.5, 0.6) is 11.5 Å². The number of nitrogens with zero attached hydrogens (tertiary/aromatic N) is 1. The van der Waals surface area contributed by atoms with Crippen molar-refractivity contribution in [3.63, 3.8) is 0 Å². The highest BCUT2D eigenvalue weighted by Crippen LogP contribution is 2.27. The highest BCUT2D eigenvalue weighted by molar-refractivity contribution is 6.02. The van der Waals surface area contributed by atoms with Crippen LogP contribution in [0.15, 0.2) is 52.9 Å². The summed E-state index contributed by atoms with van der Waals surface area (Å²) in [5, 5.41) is 13.5. The number of halogens is 2. The zero-order valence-electron chi connectivity index (χ0n) is 17.3. The summed E-state index contributed by atoms with van der Waals surface area (Å²) in [4.78, 5) is 22.9. The predicted octanol–water partition coefficient (Wildman–Crippen LogP) is 5.28. The largest absolute Gasteiger partial charge is 0.487 e. The van der Waals surface area contributed by atoms with E-state index in [0.717, 1.165) is 23.3 Å². The van der Waals surface area contributed by atoms with Crippen LogP contribution in [0.3, 0.4) is 0 Å². The molecule has 8 nitrogen and oxygen atoms in total. The van der Waals surface area contributed by atoms with Crippen molar-refractivity contribution in [2.75, 3.05) is 11.9 Å². The lowest BCUT2D eigenvalue weighted by atomic mass is 10.1. The molecular formula is C22H20F2N2O6. The van der Waals surface area contributed by atoms with Gasteiger partial charge in [0.15, 0.2) is 5.76 Å². The van der Waals surface area contributed by atoms with E-state index in [1.807, 2.05) is 32.0 Å². The number of nitrogens with one attached hydrogen (secondary N) is 1. The monoisotopic (exact) mass is 446 g/mol. The van der Waals surface area contributed by atoms with E-state index in [-0.39, 0.29) is 23.8 Å². The smallest absolute Gasteiger partial charge is 0.291 e. The molecule has 0 atom stereocenters. The fraction of sp³-hybridized carbons (Fsp3) is 0.227. The van der Waals surface area contributed by atoms with Crippen LogP contribution in [0.2, 0.25) is 0 Å². The fourth-order valence-electron chi connectivity index (χ4n) is 2.79. The van der Waals surface area contributed by atoms with Crippen LogP contribution in [0.25, 0.3) is 0 Å². The molecule has 2 aromatic carbocycles. The molecule has 168 valence electrons. The quantitative estimate of drug-likeness (QED) is 0.354. The molecule has 3 aromatic rings. The lowest BCUT2D eigenvalue weighted by Crippen LogP contribution is -2.12. The Labute approximate surface area is 181 Å². The molecule has 0 aliphatic heterocycles. The summed E-state index contributed by atoms with van der Waals surface area (Å²) in [7, 11) is 0. The predicted molar refractivity (Wildman–Crippen MR) is 112 cm³/mol. The van der Waals surface area contributed by atoms with E-state index in [1.54, 1.807) is 6.07 Å². The Morgan fingerprint density at radius 2 is 1.91 bits per heavy atom. The average molecular weight is 446 g/mol. The molecule has 1 heterocycles. The Kier molecular flexibility index (Phi) is 7.04. The Balaban J connectivity index is 1.69. The van der Waals surface area contributed by atoms with Crippen molar-refractivity contribution in [1.29, 1.82) is 0 Å². The summed E-state index contributed by atoms with van der Waals surface area (Å²) in [5.74, 6) is 0.197. The van der Waals surface area contributed by atoms with Crippen molar-refractivity contribution in [3.8, 4) is 11.5 Å². The van der Waals surface area contributed by atoms with Gasteiger partial charge >= 0.3 is 0 Å². The first kappa shape index (κ1) is 22.7. The van der Waals surface area contributed by atoms with Gasteiger partial charge in [-0.1, -0.05) is 12.1 Å². The second kappa shape index (κ2) is 9.90. The molecule has 0 aliphatic carbocycles. The molecule has 10 heteroatoms. The number of ether oxygens (including phenoxy) is 2. The van der Waals surface area contributed by atoms with E-state index in [0.29, 0.717) is 11.5 Å². The van der Waals surface area contributed by atoms with Gasteiger partial charge in [0.25, 0.3) is 18.0 Å². The van der Waals surface area contributed by atoms with Crippen molar-refractivity contribution >= 4 is 17.3 Å². The van der Waals surface area contributed by atoms with Crippen molar-refractivity contribution in [2.45, 2.75) is 26.9 Å². The highest BCUT2D eigenvalue weighted by Gasteiger charge is 2.17. The number of hydrogen-bond donors (Lipinski definition) is 1. The van der Waals surface area contributed by atoms with Crippen LogP contribution in [-0.4, -0.2) is 23.9 Å². The maximum atomic E-state index is 12.5. The van der Waals surface area contributed by atoms with Gasteiger partial charge in [0.1, 0.15) is 30.5 Å². The average Bonchev–Trinajstić information content (AvgIpc) is 3.22. The van der Waals surface area contributed by atoms with Crippen molar-refractivity contribution in [1.82, 2.24) is 0 Å². The molecule has 3 rings (SSSR count). The SMILES string of the molecule is Cc1ccc(C)c(OCc2ccc(C(=O)Nc3cc(OCC(F)F)cc([N+](=O)[O-])c3)o2)c1. The maximum absolute atomic E-state index is 12.5. The lowest BCUT2D eigenvalue weighted by molar-refractivity contribution is -0.384. The molecule has 0 saturated heterocycles. The number of nitro benzene ring substituents is 1. The normalized spacial score (nSPS) is 10.8. The first-order chi connectivity index (χ1) is 15.2. The molecule has 0 fully saturated rings. The first-order valence-corrected chi connectivity index (χ1v) is 9.52. The molecule has 0 aliphatic rings. The minimum atomic E-state index is -2.75. The third-order valence-electron chi connectivity index (χ3n) is 4.33. The molecule has 32 heavy (non-hydrogen) atoms. The van der Waals surface area contributed by atoms with Crippen molar-refractivity contribution in [2.24, 2.45) is 0 Å². The number of amides is 1. The van der Waals surface area contributed by atoms with Gasteiger partial charge in [-0.2, -0.15) is 0 Å². The first-order valence-electron chi connectivity index (χ1n) is 9.52. The number of hydrogen-bond acceptors (Lipinski definition) is 6. The van der Waals surface area contributed by atoms with Gasteiger partial charge in [-0.3, -0.25) is 14.9 Å². The standard InChI is InChI=1S/C22H20F2N2O6/c1-13-3-4-14(2)20(7-13)31-11-17-5-6-19(32-17)22(27)25-15-8-16(26(28)29)10-18(9-15)30-12-21(23)24/h3-10,21H,11-12H2,1-2H3,(H,25,27). The van der Waals surface area contributed by atoms with Crippen LogP contribution in [0.1, 0.15) is 27.4 Å². The van der Waals surface area contributed by atoms with Crippen LogP contribution in [-0.2, 0) is 6.61 Å². The van der Waals surface area contributed by atoms with Gasteiger partial charge in [-0.05, 0) is 43.2 Å². The van der Waals surface area contributed by atoms with Gasteiger partial charge in [-0.25, -0.2) is 8.78 Å². The summed E-state index contributed by atoms with van der Waals surface area (Å²) >= 11 is 0.